The van der Waals surface area contributed by atoms with Gasteiger partial charge in [0.2, 0.25) is 0 Å². The van der Waals surface area contributed by atoms with Gasteiger partial charge in [0.25, 0.3) is 0 Å². The average Bonchev–Trinajstić information content (AvgIpc) is 2.90. The fraction of sp³-hybridized carbons (Fsp3) is 0.389. The van der Waals surface area contributed by atoms with Crippen molar-refractivity contribution in [3.8, 4) is 0 Å². The van der Waals surface area contributed by atoms with Gasteiger partial charge >= 0.3 is 0 Å². The van der Waals surface area contributed by atoms with Crippen LogP contribution in [-0.2, 0) is 7.05 Å². The third-order valence-electron chi connectivity index (χ3n) is 4.98. The molecule has 2 aromatic heterocycles. The van der Waals surface area contributed by atoms with E-state index in [0.29, 0.717) is 5.92 Å². The van der Waals surface area contributed by atoms with Crippen LogP contribution in [0.2, 0.25) is 0 Å². The molecule has 0 spiro atoms. The molecule has 0 amide bonds. The molecule has 0 atom stereocenters. The summed E-state index contributed by atoms with van der Waals surface area (Å²) in [6.07, 6.45) is 3.93. The second-order valence-corrected chi connectivity index (χ2v) is 7.18. The quantitative estimate of drug-likeness (QED) is 0.672. The minimum Gasteiger partial charge on any atom is -0.356 e. The van der Waals surface area contributed by atoms with Gasteiger partial charge in [0.05, 0.1) is 5.39 Å². The lowest BCUT2D eigenvalue weighted by atomic mass is 9.87. The summed E-state index contributed by atoms with van der Waals surface area (Å²) in [5.74, 6) is 1.63. The molecule has 1 aliphatic heterocycles. The van der Waals surface area contributed by atoms with E-state index in [4.69, 9.17) is 0 Å². The SMILES string of the molecule is Cc1ccccc1C1CCN(c2ncnc3c2c(Br)nn3C)CC1. The van der Waals surface area contributed by atoms with E-state index in [-0.39, 0.29) is 0 Å². The van der Waals surface area contributed by atoms with E-state index >= 15 is 0 Å². The summed E-state index contributed by atoms with van der Waals surface area (Å²) in [4.78, 5) is 11.3. The third kappa shape index (κ3) is 2.59. The van der Waals surface area contributed by atoms with E-state index in [1.165, 1.54) is 11.1 Å². The van der Waals surface area contributed by atoms with Crippen molar-refractivity contribution in [2.24, 2.45) is 7.05 Å². The van der Waals surface area contributed by atoms with Crippen molar-refractivity contribution in [3.63, 3.8) is 0 Å². The standard InChI is InChI=1S/C18H20BrN5/c1-12-5-3-4-6-14(12)13-7-9-24(10-8-13)18-15-16(19)22-23(2)17(15)20-11-21-18/h3-6,11,13H,7-10H2,1-2H3. The van der Waals surface area contributed by atoms with Crippen molar-refractivity contribution in [2.45, 2.75) is 25.7 Å². The number of nitrogens with zero attached hydrogens (tertiary/aromatic N) is 5. The van der Waals surface area contributed by atoms with Gasteiger partial charge in [0.1, 0.15) is 16.7 Å². The van der Waals surface area contributed by atoms with Crippen LogP contribution in [0.15, 0.2) is 35.2 Å². The fourth-order valence-corrected chi connectivity index (χ4v) is 4.31. The smallest absolute Gasteiger partial charge is 0.164 e. The molecule has 0 radical (unpaired) electrons. The summed E-state index contributed by atoms with van der Waals surface area (Å²) in [6, 6.07) is 8.75. The summed E-state index contributed by atoms with van der Waals surface area (Å²) in [5.41, 5.74) is 3.76. The number of rotatable bonds is 2. The number of anilines is 1. The molecule has 1 aromatic carbocycles. The van der Waals surface area contributed by atoms with E-state index in [1.807, 2.05) is 7.05 Å². The summed E-state index contributed by atoms with van der Waals surface area (Å²) < 4.78 is 2.61. The van der Waals surface area contributed by atoms with Crippen LogP contribution in [0.1, 0.15) is 29.9 Å². The van der Waals surface area contributed by atoms with Crippen LogP contribution in [0, 0.1) is 6.92 Å². The van der Waals surface area contributed by atoms with Crippen LogP contribution < -0.4 is 4.90 Å². The fourth-order valence-electron chi connectivity index (χ4n) is 3.71. The maximum Gasteiger partial charge on any atom is 0.164 e. The van der Waals surface area contributed by atoms with Gasteiger partial charge in [-0.1, -0.05) is 24.3 Å². The zero-order chi connectivity index (χ0) is 16.7. The molecule has 0 bridgehead atoms. The molecule has 1 fully saturated rings. The topological polar surface area (TPSA) is 46.8 Å². The number of hydrogen-bond acceptors (Lipinski definition) is 4. The Bertz CT molecular complexity index is 880. The molecule has 0 N–H and O–H groups in total. The number of benzene rings is 1. The molecule has 3 aromatic rings. The molecule has 4 rings (SSSR count). The predicted octanol–water partition coefficient (Wildman–Crippen LogP) is 3.82. The zero-order valence-electron chi connectivity index (χ0n) is 13.9. The van der Waals surface area contributed by atoms with Crippen LogP contribution in [0.4, 0.5) is 5.82 Å². The van der Waals surface area contributed by atoms with Crippen molar-refractivity contribution in [1.82, 2.24) is 19.7 Å². The Labute approximate surface area is 149 Å². The monoisotopic (exact) mass is 385 g/mol. The normalized spacial score (nSPS) is 16.0. The van der Waals surface area contributed by atoms with E-state index in [9.17, 15) is 0 Å². The van der Waals surface area contributed by atoms with Gasteiger partial charge in [-0.15, -0.1) is 0 Å². The molecule has 0 unspecified atom stereocenters. The van der Waals surface area contributed by atoms with E-state index in [2.05, 4.69) is 67.1 Å². The van der Waals surface area contributed by atoms with Crippen molar-refractivity contribution in [3.05, 3.63) is 46.3 Å². The summed E-state index contributed by atoms with van der Waals surface area (Å²) in [6.45, 7) is 4.22. The van der Waals surface area contributed by atoms with Gasteiger partial charge < -0.3 is 4.90 Å². The van der Waals surface area contributed by atoms with Crippen LogP contribution >= 0.6 is 15.9 Å². The van der Waals surface area contributed by atoms with Crippen LogP contribution in [0.3, 0.4) is 0 Å². The maximum atomic E-state index is 4.55. The lowest BCUT2D eigenvalue weighted by Crippen LogP contribution is -2.33. The highest BCUT2D eigenvalue weighted by atomic mass is 79.9. The van der Waals surface area contributed by atoms with Crippen molar-refractivity contribution < 1.29 is 0 Å². The third-order valence-corrected chi connectivity index (χ3v) is 5.54. The highest BCUT2D eigenvalue weighted by Gasteiger charge is 2.25. The van der Waals surface area contributed by atoms with E-state index < -0.39 is 0 Å². The van der Waals surface area contributed by atoms with Gasteiger partial charge in [0, 0.05) is 20.1 Å². The number of halogens is 1. The van der Waals surface area contributed by atoms with Crippen LogP contribution in [0.5, 0.6) is 0 Å². The number of fused-ring (bicyclic) bond motifs is 1. The number of aromatic nitrogens is 4. The van der Waals surface area contributed by atoms with Gasteiger partial charge in [-0.05, 0) is 52.7 Å². The Morgan fingerprint density at radius 2 is 1.88 bits per heavy atom. The Morgan fingerprint density at radius 3 is 2.62 bits per heavy atom. The van der Waals surface area contributed by atoms with Crippen LogP contribution in [0.25, 0.3) is 11.0 Å². The first-order valence-electron chi connectivity index (χ1n) is 8.29. The van der Waals surface area contributed by atoms with Gasteiger partial charge in [-0.2, -0.15) is 5.10 Å². The molecule has 124 valence electrons. The molecular formula is C18H20BrN5. The van der Waals surface area contributed by atoms with Gasteiger partial charge in [-0.25, -0.2) is 14.6 Å². The first-order chi connectivity index (χ1) is 11.6. The highest BCUT2D eigenvalue weighted by molar-refractivity contribution is 9.10. The van der Waals surface area contributed by atoms with Gasteiger partial charge in [0.15, 0.2) is 5.65 Å². The molecular weight excluding hydrogens is 366 g/mol. The van der Waals surface area contributed by atoms with E-state index in [0.717, 1.165) is 47.4 Å². The Balaban J connectivity index is 1.60. The van der Waals surface area contributed by atoms with Crippen LogP contribution in [-0.4, -0.2) is 32.8 Å². The largest absolute Gasteiger partial charge is 0.356 e. The Morgan fingerprint density at radius 1 is 1.12 bits per heavy atom. The van der Waals surface area contributed by atoms with E-state index in [1.54, 1.807) is 11.0 Å². The zero-order valence-corrected chi connectivity index (χ0v) is 15.5. The predicted molar refractivity (Wildman–Crippen MR) is 99.4 cm³/mol. The minimum absolute atomic E-state index is 0.636. The van der Waals surface area contributed by atoms with Crippen molar-refractivity contribution >= 4 is 32.8 Å². The average molecular weight is 386 g/mol. The first-order valence-corrected chi connectivity index (χ1v) is 9.08. The molecule has 3 heterocycles. The molecule has 1 aliphatic rings. The summed E-state index contributed by atoms with van der Waals surface area (Å²) >= 11 is 3.55. The Hall–Kier alpha value is -1.95. The molecule has 0 saturated carbocycles. The summed E-state index contributed by atoms with van der Waals surface area (Å²) in [5, 5.41) is 5.43. The minimum atomic E-state index is 0.636. The molecule has 6 heteroatoms. The second kappa shape index (κ2) is 6.16. The molecule has 24 heavy (non-hydrogen) atoms. The lowest BCUT2D eigenvalue weighted by molar-refractivity contribution is 0.502. The number of piperidine rings is 1. The highest BCUT2D eigenvalue weighted by Crippen LogP contribution is 2.35. The van der Waals surface area contributed by atoms with Crippen molar-refractivity contribution in [1.29, 1.82) is 0 Å². The number of hydrogen-bond donors (Lipinski definition) is 0. The molecule has 0 aliphatic carbocycles. The summed E-state index contributed by atoms with van der Waals surface area (Å²) in [7, 11) is 1.91. The molecule has 5 nitrogen and oxygen atoms in total. The first kappa shape index (κ1) is 15.6. The molecule has 1 saturated heterocycles. The van der Waals surface area contributed by atoms with Gasteiger partial charge in [-0.3, -0.25) is 0 Å². The maximum absolute atomic E-state index is 4.55. The second-order valence-electron chi connectivity index (χ2n) is 6.43. The number of aryl methyl sites for hydroxylation is 2. The Kier molecular flexibility index (Phi) is 4.00. The lowest BCUT2D eigenvalue weighted by Gasteiger charge is -2.33. The van der Waals surface area contributed by atoms with Crippen molar-refractivity contribution in [2.75, 3.05) is 18.0 Å².